The molecule has 6 nitrogen and oxygen atoms in total. The van der Waals surface area contributed by atoms with Gasteiger partial charge in [0.05, 0.1) is 0 Å². The second-order valence-corrected chi connectivity index (χ2v) is 16.4. The van der Waals surface area contributed by atoms with Crippen molar-refractivity contribution in [1.29, 1.82) is 0 Å². The fraction of sp³-hybridized carbons (Fsp3) is 0.722. The van der Waals surface area contributed by atoms with Gasteiger partial charge in [-0.25, -0.2) is 0 Å². The number of hydrogen-bond acceptors (Lipinski definition) is 6. The predicted molar refractivity (Wildman–Crippen MR) is 256 cm³/mol. The maximum absolute atomic E-state index is 12.7. The Labute approximate surface area is 370 Å². The van der Waals surface area contributed by atoms with Crippen LogP contribution in [-0.2, 0) is 28.6 Å². The highest BCUT2D eigenvalue weighted by molar-refractivity contribution is 5.71. The number of esters is 3. The fourth-order valence-electron chi connectivity index (χ4n) is 6.71. The van der Waals surface area contributed by atoms with Crippen LogP contribution in [0, 0.1) is 0 Å². The third-order valence-corrected chi connectivity index (χ3v) is 10.5. The average Bonchev–Trinajstić information content (AvgIpc) is 3.24. The Morgan fingerprint density at radius 2 is 0.717 bits per heavy atom. The molecule has 6 heteroatoms. The van der Waals surface area contributed by atoms with E-state index in [1.54, 1.807) is 0 Å². The summed E-state index contributed by atoms with van der Waals surface area (Å²) >= 11 is 0. The topological polar surface area (TPSA) is 78.9 Å². The minimum absolute atomic E-state index is 0.0929. The number of hydrogen-bond donors (Lipinski definition) is 0. The molecule has 1 atom stereocenters. The molecule has 0 bridgehead atoms. The molecular formula is C54H92O6. The van der Waals surface area contributed by atoms with E-state index in [1.165, 1.54) is 70.6 Å². The van der Waals surface area contributed by atoms with Crippen LogP contribution in [-0.4, -0.2) is 37.2 Å². The summed E-state index contributed by atoms with van der Waals surface area (Å²) in [7, 11) is 0. The van der Waals surface area contributed by atoms with Crippen LogP contribution in [0.25, 0.3) is 0 Å². The molecule has 0 aliphatic rings. The van der Waals surface area contributed by atoms with Crippen LogP contribution in [0.1, 0.15) is 233 Å². The smallest absolute Gasteiger partial charge is 0.306 e. The Hall–Kier alpha value is -3.15. The molecule has 0 saturated heterocycles. The Morgan fingerprint density at radius 1 is 0.367 bits per heavy atom. The molecule has 0 saturated carbocycles. The molecule has 0 spiro atoms. The molecule has 0 rings (SSSR count). The first-order chi connectivity index (χ1) is 29.5. The average molecular weight is 837 g/mol. The van der Waals surface area contributed by atoms with Crippen molar-refractivity contribution in [1.82, 2.24) is 0 Å². The van der Waals surface area contributed by atoms with Crippen molar-refractivity contribution in [3.8, 4) is 0 Å². The van der Waals surface area contributed by atoms with E-state index in [-0.39, 0.29) is 31.1 Å². The van der Waals surface area contributed by atoms with Crippen LogP contribution in [0.4, 0.5) is 0 Å². The van der Waals surface area contributed by atoms with Crippen LogP contribution in [0.15, 0.2) is 72.9 Å². The van der Waals surface area contributed by atoms with Crippen molar-refractivity contribution >= 4 is 17.9 Å². The van der Waals surface area contributed by atoms with Gasteiger partial charge in [0.1, 0.15) is 13.2 Å². The Kier molecular flexibility index (Phi) is 46.0. The van der Waals surface area contributed by atoms with Gasteiger partial charge in [-0.2, -0.15) is 0 Å². The van der Waals surface area contributed by atoms with Crippen LogP contribution in [0.3, 0.4) is 0 Å². The minimum Gasteiger partial charge on any atom is -0.462 e. The van der Waals surface area contributed by atoms with Gasteiger partial charge in [0, 0.05) is 19.3 Å². The number of allylic oxidation sites excluding steroid dienone is 12. The summed E-state index contributed by atoms with van der Waals surface area (Å²) < 4.78 is 16.7. The van der Waals surface area contributed by atoms with Crippen LogP contribution < -0.4 is 0 Å². The quantitative estimate of drug-likeness (QED) is 0.0200. The Balaban J connectivity index is 4.42. The second-order valence-electron chi connectivity index (χ2n) is 16.4. The number of ether oxygens (including phenoxy) is 3. The van der Waals surface area contributed by atoms with E-state index >= 15 is 0 Å². The molecule has 0 aliphatic carbocycles. The minimum atomic E-state index is -0.793. The summed E-state index contributed by atoms with van der Waals surface area (Å²) in [6, 6.07) is 0. The standard InChI is InChI=1S/C54H92O6/c1-4-7-10-13-16-19-22-25-26-27-28-29-30-33-35-38-41-44-47-53(56)59-50-51(60-54(57)48-45-42-39-36-32-24-21-18-15-12-9-6-3)49-58-52(55)46-43-40-37-34-31-23-20-17-14-11-8-5-2/h9,12,17-18,20-22,25-29,51H,4-8,10-11,13-16,19,23-24,30-50H2,1-3H3/b12-9-,20-17-,21-18-,25-22-,27-26-,29-28-. The summed E-state index contributed by atoms with van der Waals surface area (Å²) in [5, 5.41) is 0. The van der Waals surface area contributed by atoms with Crippen LogP contribution in [0.5, 0.6) is 0 Å². The van der Waals surface area contributed by atoms with Gasteiger partial charge in [-0.15, -0.1) is 0 Å². The van der Waals surface area contributed by atoms with Crippen molar-refractivity contribution in [3.63, 3.8) is 0 Å². The summed E-state index contributed by atoms with van der Waals surface area (Å²) in [6.07, 6.45) is 60.2. The third kappa shape index (κ3) is 45.9. The lowest BCUT2D eigenvalue weighted by molar-refractivity contribution is -0.167. The first-order valence-electron chi connectivity index (χ1n) is 25.0. The number of carbonyl (C=O) groups is 3. The van der Waals surface area contributed by atoms with Gasteiger partial charge in [0.15, 0.2) is 6.10 Å². The zero-order valence-electron chi connectivity index (χ0n) is 39.2. The van der Waals surface area contributed by atoms with E-state index in [0.29, 0.717) is 19.3 Å². The Bertz CT molecular complexity index is 1140. The molecule has 0 heterocycles. The molecule has 0 amide bonds. The highest BCUT2D eigenvalue weighted by Crippen LogP contribution is 2.13. The molecule has 0 radical (unpaired) electrons. The SMILES string of the molecule is CC/C=C\C/C=C\CCCCCCCC(=O)OC(COC(=O)CCCCCCC\C=C/C=C\C=C/CCCCCCC)COC(=O)CCCCCCC/C=C\CCCCC. The summed E-state index contributed by atoms with van der Waals surface area (Å²) in [5.41, 5.74) is 0. The molecule has 344 valence electrons. The fourth-order valence-corrected chi connectivity index (χ4v) is 6.71. The molecule has 1 unspecified atom stereocenters. The van der Waals surface area contributed by atoms with E-state index in [1.807, 2.05) is 0 Å². The van der Waals surface area contributed by atoms with Gasteiger partial charge in [-0.1, -0.05) is 190 Å². The predicted octanol–water partition coefficient (Wildman–Crippen LogP) is 16.3. The highest BCUT2D eigenvalue weighted by atomic mass is 16.6. The molecule has 0 aromatic rings. The van der Waals surface area contributed by atoms with E-state index < -0.39 is 6.10 Å². The van der Waals surface area contributed by atoms with Gasteiger partial charge in [0.25, 0.3) is 0 Å². The first-order valence-corrected chi connectivity index (χ1v) is 25.0. The van der Waals surface area contributed by atoms with E-state index in [9.17, 15) is 14.4 Å². The van der Waals surface area contributed by atoms with Crippen molar-refractivity contribution in [2.75, 3.05) is 13.2 Å². The monoisotopic (exact) mass is 837 g/mol. The summed E-state index contributed by atoms with van der Waals surface area (Å²) in [4.78, 5) is 37.9. The lowest BCUT2D eigenvalue weighted by Gasteiger charge is -2.18. The van der Waals surface area contributed by atoms with Gasteiger partial charge in [0.2, 0.25) is 0 Å². The van der Waals surface area contributed by atoms with Gasteiger partial charge in [-0.3, -0.25) is 14.4 Å². The van der Waals surface area contributed by atoms with Gasteiger partial charge in [-0.05, 0) is 96.3 Å². The van der Waals surface area contributed by atoms with E-state index in [2.05, 4.69) is 93.7 Å². The van der Waals surface area contributed by atoms with Crippen molar-refractivity contribution in [3.05, 3.63) is 72.9 Å². The van der Waals surface area contributed by atoms with E-state index in [0.717, 1.165) is 122 Å². The zero-order valence-corrected chi connectivity index (χ0v) is 39.2. The zero-order chi connectivity index (χ0) is 43.7. The lowest BCUT2D eigenvalue weighted by atomic mass is 10.1. The maximum Gasteiger partial charge on any atom is 0.306 e. The molecular weight excluding hydrogens is 745 g/mol. The largest absolute Gasteiger partial charge is 0.462 e. The Morgan fingerprint density at radius 3 is 1.18 bits per heavy atom. The number of unbranched alkanes of at least 4 members (excludes halogenated alkanes) is 23. The third-order valence-electron chi connectivity index (χ3n) is 10.5. The summed E-state index contributed by atoms with van der Waals surface area (Å²) in [6.45, 7) is 6.44. The molecule has 0 N–H and O–H groups in total. The number of carbonyl (C=O) groups excluding carboxylic acids is 3. The molecule has 0 aromatic heterocycles. The van der Waals surface area contributed by atoms with Crippen molar-refractivity contribution in [2.24, 2.45) is 0 Å². The van der Waals surface area contributed by atoms with Crippen LogP contribution in [0.2, 0.25) is 0 Å². The second kappa shape index (κ2) is 48.5. The normalized spacial score (nSPS) is 12.7. The summed E-state index contributed by atoms with van der Waals surface area (Å²) in [5.74, 6) is -0.938. The molecule has 0 aromatic carbocycles. The van der Waals surface area contributed by atoms with Gasteiger partial charge < -0.3 is 14.2 Å². The van der Waals surface area contributed by atoms with Crippen LogP contribution >= 0.6 is 0 Å². The molecule has 60 heavy (non-hydrogen) atoms. The lowest BCUT2D eigenvalue weighted by Crippen LogP contribution is -2.30. The number of rotatable bonds is 44. The highest BCUT2D eigenvalue weighted by Gasteiger charge is 2.19. The van der Waals surface area contributed by atoms with E-state index in [4.69, 9.17) is 14.2 Å². The molecule has 0 fully saturated rings. The van der Waals surface area contributed by atoms with Crippen molar-refractivity contribution in [2.45, 2.75) is 239 Å². The van der Waals surface area contributed by atoms with Crippen molar-refractivity contribution < 1.29 is 28.6 Å². The first kappa shape index (κ1) is 56.9. The molecule has 0 aliphatic heterocycles. The van der Waals surface area contributed by atoms with Gasteiger partial charge >= 0.3 is 17.9 Å². The maximum atomic E-state index is 12.7.